The number of hydrogen-bond donors (Lipinski definition) is 1. The van der Waals surface area contributed by atoms with Gasteiger partial charge in [-0.3, -0.25) is 14.9 Å². The smallest absolute Gasteiger partial charge is 0.277 e. The SMILES string of the molecule is Cc1ccc(C(C)C)c(OCC(=O)NN=Cc2cc([N+](=O)[O-])ccc2Cl)c1. The van der Waals surface area contributed by atoms with Crippen molar-refractivity contribution in [2.45, 2.75) is 26.7 Å². The molecule has 1 amide bonds. The van der Waals surface area contributed by atoms with E-state index in [9.17, 15) is 14.9 Å². The van der Waals surface area contributed by atoms with Gasteiger partial charge in [-0.2, -0.15) is 5.10 Å². The van der Waals surface area contributed by atoms with Gasteiger partial charge in [0, 0.05) is 22.7 Å². The summed E-state index contributed by atoms with van der Waals surface area (Å²) in [5.41, 5.74) is 4.58. The summed E-state index contributed by atoms with van der Waals surface area (Å²) in [6.07, 6.45) is 1.25. The molecule has 27 heavy (non-hydrogen) atoms. The molecule has 0 aliphatic carbocycles. The molecular formula is C19H20ClN3O4. The van der Waals surface area contributed by atoms with Crippen molar-refractivity contribution in [3.05, 3.63) is 68.2 Å². The molecule has 0 saturated carbocycles. The predicted molar refractivity (Wildman–Crippen MR) is 105 cm³/mol. The first-order chi connectivity index (χ1) is 12.8. The molecule has 7 nitrogen and oxygen atoms in total. The zero-order chi connectivity index (χ0) is 20.0. The van der Waals surface area contributed by atoms with E-state index in [1.54, 1.807) is 0 Å². The highest BCUT2D eigenvalue weighted by atomic mass is 35.5. The second-order valence-electron chi connectivity index (χ2n) is 6.24. The van der Waals surface area contributed by atoms with Crippen LogP contribution in [-0.2, 0) is 4.79 Å². The molecule has 0 aliphatic heterocycles. The Bertz CT molecular complexity index is 881. The van der Waals surface area contributed by atoms with E-state index >= 15 is 0 Å². The lowest BCUT2D eigenvalue weighted by Gasteiger charge is -2.14. The van der Waals surface area contributed by atoms with Crippen molar-refractivity contribution in [1.29, 1.82) is 0 Å². The van der Waals surface area contributed by atoms with Crippen LogP contribution in [0.3, 0.4) is 0 Å². The van der Waals surface area contributed by atoms with Crippen LogP contribution in [0.15, 0.2) is 41.5 Å². The van der Waals surface area contributed by atoms with Crippen molar-refractivity contribution < 1.29 is 14.5 Å². The average Bonchev–Trinajstić information content (AvgIpc) is 2.61. The van der Waals surface area contributed by atoms with E-state index in [4.69, 9.17) is 16.3 Å². The number of carbonyl (C=O) groups is 1. The Morgan fingerprint density at radius 2 is 2.07 bits per heavy atom. The molecule has 0 spiro atoms. The second kappa shape index (κ2) is 9.14. The first kappa shape index (κ1) is 20.4. The molecule has 2 aromatic carbocycles. The highest BCUT2D eigenvalue weighted by molar-refractivity contribution is 6.33. The number of nitrogens with zero attached hydrogens (tertiary/aromatic N) is 2. The number of aryl methyl sites for hydroxylation is 1. The number of carbonyl (C=O) groups excluding carboxylic acids is 1. The van der Waals surface area contributed by atoms with Crippen molar-refractivity contribution in [1.82, 2.24) is 5.43 Å². The zero-order valence-electron chi connectivity index (χ0n) is 15.2. The lowest BCUT2D eigenvalue weighted by Crippen LogP contribution is -2.25. The lowest BCUT2D eigenvalue weighted by atomic mass is 10.0. The van der Waals surface area contributed by atoms with Crippen molar-refractivity contribution >= 4 is 29.4 Å². The van der Waals surface area contributed by atoms with Gasteiger partial charge >= 0.3 is 0 Å². The van der Waals surface area contributed by atoms with Crippen LogP contribution in [0, 0.1) is 17.0 Å². The number of nitrogens with one attached hydrogen (secondary N) is 1. The summed E-state index contributed by atoms with van der Waals surface area (Å²) in [4.78, 5) is 22.2. The second-order valence-corrected chi connectivity index (χ2v) is 6.65. The van der Waals surface area contributed by atoms with E-state index in [1.165, 1.54) is 24.4 Å². The number of amides is 1. The van der Waals surface area contributed by atoms with Crippen molar-refractivity contribution in [2.75, 3.05) is 6.61 Å². The molecule has 0 aromatic heterocycles. The lowest BCUT2D eigenvalue weighted by molar-refractivity contribution is -0.384. The molecule has 0 radical (unpaired) electrons. The minimum atomic E-state index is -0.533. The maximum atomic E-state index is 11.9. The Hall–Kier alpha value is -2.93. The number of ether oxygens (including phenoxy) is 1. The largest absolute Gasteiger partial charge is 0.483 e. The molecule has 0 fully saturated rings. The van der Waals surface area contributed by atoms with E-state index in [1.807, 2.05) is 39.0 Å². The summed E-state index contributed by atoms with van der Waals surface area (Å²) >= 11 is 5.97. The molecule has 0 unspecified atom stereocenters. The Balaban J connectivity index is 1.98. The maximum Gasteiger partial charge on any atom is 0.277 e. The van der Waals surface area contributed by atoms with Gasteiger partial charge in [0.05, 0.1) is 11.1 Å². The van der Waals surface area contributed by atoms with Gasteiger partial charge in [0.2, 0.25) is 0 Å². The Morgan fingerprint density at radius 1 is 1.33 bits per heavy atom. The third kappa shape index (κ3) is 5.79. The predicted octanol–water partition coefficient (Wildman–Crippen LogP) is 4.21. The van der Waals surface area contributed by atoms with E-state index in [0.29, 0.717) is 11.3 Å². The molecule has 0 atom stereocenters. The third-order valence-corrected chi connectivity index (χ3v) is 4.08. The van der Waals surface area contributed by atoms with Gasteiger partial charge in [-0.25, -0.2) is 5.43 Å². The maximum absolute atomic E-state index is 11.9. The molecule has 1 N–H and O–H groups in total. The number of nitro groups is 1. The van der Waals surface area contributed by atoms with Gasteiger partial charge in [-0.1, -0.05) is 37.6 Å². The van der Waals surface area contributed by atoms with Crippen LogP contribution in [0.25, 0.3) is 0 Å². The molecular weight excluding hydrogens is 370 g/mol. The van der Waals surface area contributed by atoms with Crippen LogP contribution >= 0.6 is 11.6 Å². The summed E-state index contributed by atoms with van der Waals surface area (Å²) in [6, 6.07) is 9.83. The summed E-state index contributed by atoms with van der Waals surface area (Å²) in [5.74, 6) is 0.465. The fourth-order valence-corrected chi connectivity index (χ4v) is 2.50. The van der Waals surface area contributed by atoms with Crippen molar-refractivity contribution in [3.63, 3.8) is 0 Å². The van der Waals surface area contributed by atoms with Crippen LogP contribution < -0.4 is 10.2 Å². The Morgan fingerprint density at radius 3 is 2.74 bits per heavy atom. The molecule has 142 valence electrons. The van der Waals surface area contributed by atoms with E-state index < -0.39 is 10.8 Å². The first-order valence-electron chi connectivity index (χ1n) is 8.27. The number of hydrazone groups is 1. The number of benzene rings is 2. The first-order valence-corrected chi connectivity index (χ1v) is 8.65. The summed E-state index contributed by atoms with van der Waals surface area (Å²) < 4.78 is 5.62. The Kier molecular flexibility index (Phi) is 6.90. The van der Waals surface area contributed by atoms with Crippen LogP contribution in [0.1, 0.15) is 36.5 Å². The average molecular weight is 390 g/mol. The molecule has 2 aromatic rings. The molecule has 8 heteroatoms. The minimum absolute atomic E-state index is 0.115. The third-order valence-electron chi connectivity index (χ3n) is 3.73. The molecule has 0 bridgehead atoms. The van der Waals surface area contributed by atoms with E-state index in [2.05, 4.69) is 10.5 Å². The molecule has 0 saturated heterocycles. The van der Waals surface area contributed by atoms with Crippen molar-refractivity contribution in [2.24, 2.45) is 5.10 Å². The number of halogens is 1. The van der Waals surface area contributed by atoms with E-state index in [0.717, 1.165) is 11.1 Å². The van der Waals surface area contributed by atoms with Crippen LogP contribution in [-0.4, -0.2) is 23.7 Å². The van der Waals surface area contributed by atoms with Crippen LogP contribution in [0.2, 0.25) is 5.02 Å². The summed E-state index contributed by atoms with van der Waals surface area (Å²) in [5, 5.41) is 14.9. The highest BCUT2D eigenvalue weighted by Crippen LogP contribution is 2.27. The van der Waals surface area contributed by atoms with Gasteiger partial charge in [-0.15, -0.1) is 0 Å². The number of hydrogen-bond acceptors (Lipinski definition) is 5. The normalized spacial score (nSPS) is 11.0. The summed E-state index contributed by atoms with van der Waals surface area (Å²) in [7, 11) is 0. The molecule has 2 rings (SSSR count). The van der Waals surface area contributed by atoms with Gasteiger partial charge in [0.15, 0.2) is 6.61 Å². The van der Waals surface area contributed by atoms with Crippen LogP contribution in [0.5, 0.6) is 5.75 Å². The van der Waals surface area contributed by atoms with Gasteiger partial charge < -0.3 is 4.74 Å². The topological polar surface area (TPSA) is 93.8 Å². The minimum Gasteiger partial charge on any atom is -0.483 e. The fourth-order valence-electron chi connectivity index (χ4n) is 2.34. The zero-order valence-corrected chi connectivity index (χ0v) is 16.0. The molecule has 0 aliphatic rings. The van der Waals surface area contributed by atoms with Crippen molar-refractivity contribution in [3.8, 4) is 5.75 Å². The quantitative estimate of drug-likeness (QED) is 0.436. The van der Waals surface area contributed by atoms with Crippen LogP contribution in [0.4, 0.5) is 5.69 Å². The highest BCUT2D eigenvalue weighted by Gasteiger charge is 2.11. The monoisotopic (exact) mass is 389 g/mol. The number of nitro benzene ring substituents is 1. The van der Waals surface area contributed by atoms with Gasteiger partial charge in [0.1, 0.15) is 5.75 Å². The fraction of sp³-hybridized carbons (Fsp3) is 0.263. The summed E-state index contributed by atoms with van der Waals surface area (Å²) in [6.45, 7) is 5.84. The van der Waals surface area contributed by atoms with Gasteiger partial charge in [0.25, 0.3) is 11.6 Å². The number of non-ortho nitro benzene ring substituents is 1. The Labute approximate surface area is 162 Å². The standard InChI is InChI=1S/C19H20ClN3O4/c1-12(2)16-6-4-13(3)8-18(16)27-11-19(24)22-21-10-14-9-15(23(25)26)5-7-17(14)20/h4-10,12H,11H2,1-3H3,(H,22,24). The number of rotatable bonds is 7. The van der Waals surface area contributed by atoms with E-state index in [-0.39, 0.29) is 23.2 Å². The van der Waals surface area contributed by atoms with Gasteiger partial charge in [-0.05, 0) is 36.1 Å². The molecule has 0 heterocycles.